The van der Waals surface area contributed by atoms with Gasteiger partial charge in [-0.05, 0) is 11.8 Å². The van der Waals surface area contributed by atoms with Crippen LogP contribution in [0, 0.1) is 11.3 Å². The van der Waals surface area contributed by atoms with Crippen LogP contribution in [0.1, 0.15) is 27.2 Å². The molecule has 0 fully saturated rings. The second-order valence-electron chi connectivity index (χ2n) is 4.95. The molecule has 0 N–H and O–H groups in total. The fraction of sp³-hybridized carbons (Fsp3) is 0.571. The Bertz CT molecular complexity index is 211. The third kappa shape index (κ3) is 9.38. The van der Waals surface area contributed by atoms with E-state index in [1.807, 2.05) is 0 Å². The van der Waals surface area contributed by atoms with Crippen LogP contribution in [-0.4, -0.2) is 13.2 Å². The van der Waals surface area contributed by atoms with Gasteiger partial charge in [0.2, 0.25) is 0 Å². The average molecular weight is 224 g/mol. The van der Waals surface area contributed by atoms with Crippen LogP contribution < -0.4 is 0 Å². The highest BCUT2D eigenvalue weighted by Gasteiger charge is 2.09. The molecule has 0 aromatic rings. The Morgan fingerprint density at radius 3 is 1.94 bits per heavy atom. The first-order chi connectivity index (χ1) is 7.49. The lowest BCUT2D eigenvalue weighted by Crippen LogP contribution is -2.11. The average Bonchev–Trinajstić information content (AvgIpc) is 2.19. The summed E-state index contributed by atoms with van der Waals surface area (Å²) in [6.07, 6.45) is 8.28. The van der Waals surface area contributed by atoms with Crippen LogP contribution in [0.2, 0.25) is 0 Å². The van der Waals surface area contributed by atoms with Crippen molar-refractivity contribution in [3.05, 3.63) is 37.8 Å². The van der Waals surface area contributed by atoms with Gasteiger partial charge in [0.15, 0.2) is 0 Å². The molecule has 0 aliphatic rings. The van der Waals surface area contributed by atoms with Crippen molar-refractivity contribution in [1.29, 1.82) is 0 Å². The van der Waals surface area contributed by atoms with Gasteiger partial charge in [0.05, 0.1) is 25.7 Å². The number of rotatable bonds is 8. The molecule has 0 saturated carbocycles. The van der Waals surface area contributed by atoms with E-state index in [2.05, 4.69) is 46.1 Å². The van der Waals surface area contributed by atoms with Crippen molar-refractivity contribution in [3.63, 3.8) is 0 Å². The molecule has 16 heavy (non-hydrogen) atoms. The summed E-state index contributed by atoms with van der Waals surface area (Å²) in [5, 5.41) is 0. The van der Waals surface area contributed by atoms with E-state index in [1.54, 1.807) is 0 Å². The first-order valence-electron chi connectivity index (χ1n) is 5.61. The Balaban J connectivity index is 4.06. The second kappa shape index (κ2) is 8.03. The van der Waals surface area contributed by atoms with Crippen LogP contribution in [0.25, 0.3) is 0 Å². The highest BCUT2D eigenvalue weighted by atomic mass is 16.5. The molecule has 0 aliphatic carbocycles. The molecule has 0 spiro atoms. The molecule has 92 valence electrons. The van der Waals surface area contributed by atoms with E-state index < -0.39 is 0 Å². The predicted octanol–water partition coefficient (Wildman–Crippen LogP) is 3.92. The fourth-order valence-corrected chi connectivity index (χ4v) is 1.16. The molecule has 2 heteroatoms. The quantitative estimate of drug-likeness (QED) is 0.459. The van der Waals surface area contributed by atoms with E-state index in [9.17, 15) is 0 Å². The summed E-state index contributed by atoms with van der Waals surface area (Å²) in [5.41, 5.74) is 0.319. The van der Waals surface area contributed by atoms with Crippen molar-refractivity contribution in [1.82, 2.24) is 0 Å². The maximum absolute atomic E-state index is 5.17. The van der Waals surface area contributed by atoms with E-state index in [1.165, 1.54) is 12.5 Å². The van der Waals surface area contributed by atoms with Crippen molar-refractivity contribution in [2.75, 3.05) is 13.2 Å². The van der Waals surface area contributed by atoms with Crippen molar-refractivity contribution in [2.24, 2.45) is 11.3 Å². The van der Waals surface area contributed by atoms with Crippen LogP contribution >= 0.6 is 0 Å². The summed E-state index contributed by atoms with van der Waals surface area (Å²) >= 11 is 0. The molecule has 0 bridgehead atoms. The maximum atomic E-state index is 5.17. The van der Waals surface area contributed by atoms with Gasteiger partial charge in [-0.2, -0.15) is 0 Å². The minimum atomic E-state index is 0.248. The summed E-state index contributed by atoms with van der Waals surface area (Å²) < 4.78 is 10.3. The smallest absolute Gasteiger partial charge is 0.0968 e. The summed E-state index contributed by atoms with van der Waals surface area (Å²) in [5.74, 6) is 0.248. The molecule has 0 heterocycles. The van der Waals surface area contributed by atoms with Crippen molar-refractivity contribution in [2.45, 2.75) is 27.2 Å². The molecule has 2 nitrogen and oxygen atoms in total. The Morgan fingerprint density at radius 1 is 1.06 bits per heavy atom. The Hall–Kier alpha value is -1.18. The fourth-order valence-electron chi connectivity index (χ4n) is 1.16. The van der Waals surface area contributed by atoms with Crippen LogP contribution in [0.5, 0.6) is 0 Å². The Labute approximate surface area is 99.6 Å². The van der Waals surface area contributed by atoms with E-state index in [-0.39, 0.29) is 5.92 Å². The number of hydrogen-bond donors (Lipinski definition) is 0. The molecule has 0 rings (SSSR count). The molecular formula is C14H24O2. The molecule has 0 aliphatic heterocycles. The molecule has 0 radical (unpaired) electrons. The highest BCUT2D eigenvalue weighted by Crippen LogP contribution is 2.19. The molecule has 0 unspecified atom stereocenters. The molecule has 0 aromatic heterocycles. The minimum absolute atomic E-state index is 0.248. The van der Waals surface area contributed by atoms with Gasteiger partial charge < -0.3 is 9.47 Å². The molecule has 0 atom stereocenters. The summed E-state index contributed by atoms with van der Waals surface area (Å²) in [6, 6.07) is 0. The van der Waals surface area contributed by atoms with Gasteiger partial charge in [0.1, 0.15) is 0 Å². The van der Waals surface area contributed by atoms with Gasteiger partial charge in [0.25, 0.3) is 0 Å². The zero-order chi connectivity index (χ0) is 12.4. The zero-order valence-corrected chi connectivity index (χ0v) is 10.7. The molecule has 0 aromatic carbocycles. The topological polar surface area (TPSA) is 18.5 Å². The van der Waals surface area contributed by atoms with Gasteiger partial charge in [0, 0.05) is 5.92 Å². The van der Waals surface area contributed by atoms with Crippen LogP contribution in [0.15, 0.2) is 37.8 Å². The van der Waals surface area contributed by atoms with Crippen molar-refractivity contribution < 1.29 is 9.47 Å². The van der Waals surface area contributed by atoms with Gasteiger partial charge >= 0.3 is 0 Å². The summed E-state index contributed by atoms with van der Waals surface area (Å²) in [4.78, 5) is 0. The SMILES string of the molecule is C=COCC(C=CCC(C)(C)C)COC=C. The van der Waals surface area contributed by atoms with Crippen molar-refractivity contribution >= 4 is 0 Å². The lowest BCUT2D eigenvalue weighted by atomic mass is 9.91. The maximum Gasteiger partial charge on any atom is 0.0968 e. The van der Waals surface area contributed by atoms with Gasteiger partial charge in [-0.15, -0.1) is 0 Å². The monoisotopic (exact) mass is 224 g/mol. The Kier molecular flexibility index (Phi) is 7.44. The first-order valence-corrected chi connectivity index (χ1v) is 5.61. The summed E-state index contributed by atoms with van der Waals surface area (Å²) in [7, 11) is 0. The predicted molar refractivity (Wildman–Crippen MR) is 69.0 cm³/mol. The molecular weight excluding hydrogens is 200 g/mol. The van der Waals surface area contributed by atoms with E-state index >= 15 is 0 Å². The largest absolute Gasteiger partial charge is 0.501 e. The van der Waals surface area contributed by atoms with Crippen LogP contribution in [0.3, 0.4) is 0 Å². The number of allylic oxidation sites excluding steroid dienone is 1. The van der Waals surface area contributed by atoms with Crippen molar-refractivity contribution in [3.8, 4) is 0 Å². The summed E-state index contributed by atoms with van der Waals surface area (Å²) in [6.45, 7) is 14.9. The van der Waals surface area contributed by atoms with E-state index in [4.69, 9.17) is 9.47 Å². The highest BCUT2D eigenvalue weighted by molar-refractivity contribution is 4.91. The van der Waals surface area contributed by atoms with E-state index in [0.29, 0.717) is 18.6 Å². The van der Waals surface area contributed by atoms with Crippen LogP contribution in [-0.2, 0) is 9.47 Å². The first kappa shape index (κ1) is 14.8. The lowest BCUT2D eigenvalue weighted by molar-refractivity contribution is 0.147. The van der Waals surface area contributed by atoms with Gasteiger partial charge in [-0.3, -0.25) is 0 Å². The third-order valence-electron chi connectivity index (χ3n) is 1.99. The van der Waals surface area contributed by atoms with Gasteiger partial charge in [-0.1, -0.05) is 46.1 Å². The molecule has 0 amide bonds. The second-order valence-corrected chi connectivity index (χ2v) is 4.95. The van der Waals surface area contributed by atoms with E-state index in [0.717, 1.165) is 6.42 Å². The standard InChI is InChI=1S/C14H24O2/c1-6-15-11-13(12-16-7-2)9-8-10-14(3,4)5/h6-9,13H,1-2,10-12H2,3-5H3. The normalized spacial score (nSPS) is 11.8. The zero-order valence-electron chi connectivity index (χ0n) is 10.7. The Morgan fingerprint density at radius 2 is 1.56 bits per heavy atom. The van der Waals surface area contributed by atoms with Gasteiger partial charge in [-0.25, -0.2) is 0 Å². The minimum Gasteiger partial charge on any atom is -0.501 e. The molecule has 0 saturated heterocycles. The lowest BCUT2D eigenvalue weighted by Gasteiger charge is -2.16. The van der Waals surface area contributed by atoms with Crippen LogP contribution in [0.4, 0.5) is 0 Å². The number of ether oxygens (including phenoxy) is 2. The third-order valence-corrected chi connectivity index (χ3v) is 1.99. The number of hydrogen-bond acceptors (Lipinski definition) is 2.